The van der Waals surface area contributed by atoms with Crippen molar-refractivity contribution in [1.82, 2.24) is 19.9 Å². The van der Waals surface area contributed by atoms with Gasteiger partial charge in [0.15, 0.2) is 0 Å². The Balaban J connectivity index is 1.30. The molecule has 6 heteroatoms. The molecule has 2 heterocycles. The summed E-state index contributed by atoms with van der Waals surface area (Å²) in [6.45, 7) is 2.70. The van der Waals surface area contributed by atoms with Crippen LogP contribution in [0, 0.1) is 17.8 Å². The van der Waals surface area contributed by atoms with E-state index < -0.39 is 0 Å². The van der Waals surface area contributed by atoms with Gasteiger partial charge in [-0.05, 0) is 37.0 Å². The number of nitrogens with zero attached hydrogens (tertiary/aromatic N) is 4. The van der Waals surface area contributed by atoms with Crippen LogP contribution >= 0.6 is 0 Å². The number of amides is 1. The highest BCUT2D eigenvalue weighted by molar-refractivity contribution is 5.76. The van der Waals surface area contributed by atoms with Crippen molar-refractivity contribution in [2.24, 2.45) is 17.8 Å². The van der Waals surface area contributed by atoms with Gasteiger partial charge >= 0.3 is 0 Å². The molecule has 1 aliphatic heterocycles. The van der Waals surface area contributed by atoms with Crippen molar-refractivity contribution < 1.29 is 9.53 Å². The fourth-order valence-corrected chi connectivity index (χ4v) is 4.57. The molecule has 6 nitrogen and oxygen atoms in total. The van der Waals surface area contributed by atoms with E-state index in [-0.39, 0.29) is 6.10 Å². The molecule has 1 aromatic heterocycles. The largest absolute Gasteiger partial charge is 0.373 e. The van der Waals surface area contributed by atoms with E-state index in [2.05, 4.69) is 10.3 Å². The van der Waals surface area contributed by atoms with Crippen molar-refractivity contribution in [2.75, 3.05) is 19.7 Å². The zero-order chi connectivity index (χ0) is 14.9. The van der Waals surface area contributed by atoms with Gasteiger partial charge in [0.25, 0.3) is 0 Å². The molecular formula is C16H24N4O2. The Labute approximate surface area is 130 Å². The Morgan fingerprint density at radius 1 is 1.32 bits per heavy atom. The molecule has 2 saturated carbocycles. The topological polar surface area (TPSA) is 60.2 Å². The minimum atomic E-state index is 0.0272. The van der Waals surface area contributed by atoms with Gasteiger partial charge in [0.05, 0.1) is 25.5 Å². The van der Waals surface area contributed by atoms with Crippen LogP contribution < -0.4 is 0 Å². The molecular weight excluding hydrogens is 280 g/mol. The Morgan fingerprint density at radius 3 is 3.00 bits per heavy atom. The number of hydrogen-bond acceptors (Lipinski definition) is 4. The third-order valence-corrected chi connectivity index (χ3v) is 5.68. The van der Waals surface area contributed by atoms with Crippen molar-refractivity contribution >= 4 is 5.91 Å². The molecule has 0 radical (unpaired) electrons. The van der Waals surface area contributed by atoms with Gasteiger partial charge in [0.2, 0.25) is 5.91 Å². The lowest BCUT2D eigenvalue weighted by Gasteiger charge is -2.34. The number of morpholine rings is 1. The summed E-state index contributed by atoms with van der Waals surface area (Å²) in [6, 6.07) is 0. The van der Waals surface area contributed by atoms with E-state index in [1.54, 1.807) is 10.9 Å². The van der Waals surface area contributed by atoms with Gasteiger partial charge in [-0.2, -0.15) is 0 Å². The second kappa shape index (κ2) is 5.99. The Bertz CT molecular complexity index is 518. The van der Waals surface area contributed by atoms with Crippen molar-refractivity contribution in [2.45, 2.75) is 44.8 Å². The summed E-state index contributed by atoms with van der Waals surface area (Å²) in [5.74, 6) is 2.70. The maximum Gasteiger partial charge on any atom is 0.223 e. The molecule has 1 aromatic rings. The molecule has 22 heavy (non-hydrogen) atoms. The molecule has 0 aromatic carbocycles. The first kappa shape index (κ1) is 14.2. The molecule has 3 aliphatic rings. The van der Waals surface area contributed by atoms with Gasteiger partial charge in [-0.3, -0.25) is 4.79 Å². The predicted octanol–water partition coefficient (Wildman–Crippen LogP) is 1.33. The number of hydrogen-bond donors (Lipinski definition) is 0. The van der Waals surface area contributed by atoms with Crippen LogP contribution in [0.25, 0.3) is 0 Å². The van der Waals surface area contributed by atoms with E-state index in [1.165, 1.54) is 25.7 Å². The van der Waals surface area contributed by atoms with Crippen LogP contribution in [0.5, 0.6) is 0 Å². The molecule has 2 aliphatic carbocycles. The van der Waals surface area contributed by atoms with Gasteiger partial charge in [0, 0.05) is 25.7 Å². The van der Waals surface area contributed by atoms with E-state index in [0.29, 0.717) is 31.5 Å². The fraction of sp³-hybridized carbons (Fsp3) is 0.812. The number of rotatable bonds is 4. The summed E-state index contributed by atoms with van der Waals surface area (Å²) >= 11 is 0. The minimum Gasteiger partial charge on any atom is -0.373 e. The van der Waals surface area contributed by atoms with Crippen LogP contribution in [-0.4, -0.2) is 51.6 Å². The monoisotopic (exact) mass is 304 g/mol. The Hall–Kier alpha value is -1.43. The van der Waals surface area contributed by atoms with Crippen LogP contribution in [0.2, 0.25) is 0 Å². The van der Waals surface area contributed by atoms with Crippen molar-refractivity contribution in [1.29, 1.82) is 0 Å². The predicted molar refractivity (Wildman–Crippen MR) is 79.9 cm³/mol. The number of carbonyl (C=O) groups excluding carboxylic acids is 1. The minimum absolute atomic E-state index is 0.0272. The Kier molecular flexibility index (Phi) is 3.86. The molecule has 3 fully saturated rings. The highest BCUT2D eigenvalue weighted by Gasteiger charge is 2.41. The first-order chi connectivity index (χ1) is 10.8. The highest BCUT2D eigenvalue weighted by Crippen LogP contribution is 2.49. The van der Waals surface area contributed by atoms with Crippen LogP contribution in [0.4, 0.5) is 0 Å². The molecule has 1 amide bonds. The zero-order valence-corrected chi connectivity index (χ0v) is 12.9. The first-order valence-electron chi connectivity index (χ1n) is 8.51. The highest BCUT2D eigenvalue weighted by atomic mass is 16.5. The maximum atomic E-state index is 12.6. The number of carbonyl (C=O) groups is 1. The smallest absolute Gasteiger partial charge is 0.223 e. The Morgan fingerprint density at radius 2 is 2.27 bits per heavy atom. The summed E-state index contributed by atoms with van der Waals surface area (Å²) in [4.78, 5) is 14.6. The standard InChI is InChI=1S/C16H24N4O2/c21-16(9-14-8-12-1-2-13(14)7-12)19-5-6-22-15(10-19)11-20-4-3-17-18-20/h3-4,12-15H,1-2,5-11H2. The van der Waals surface area contributed by atoms with E-state index in [4.69, 9.17) is 4.74 Å². The molecule has 0 spiro atoms. The molecule has 120 valence electrons. The van der Waals surface area contributed by atoms with Crippen molar-refractivity contribution in [3.63, 3.8) is 0 Å². The summed E-state index contributed by atoms with van der Waals surface area (Å²) in [7, 11) is 0. The quantitative estimate of drug-likeness (QED) is 0.842. The zero-order valence-electron chi connectivity index (χ0n) is 12.9. The van der Waals surface area contributed by atoms with Crippen LogP contribution in [-0.2, 0) is 16.1 Å². The second-order valence-electron chi connectivity index (χ2n) is 7.10. The molecule has 4 atom stereocenters. The van der Waals surface area contributed by atoms with Gasteiger partial charge in [0.1, 0.15) is 0 Å². The van der Waals surface area contributed by atoms with Crippen molar-refractivity contribution in [3.8, 4) is 0 Å². The molecule has 4 rings (SSSR count). The summed E-state index contributed by atoms with van der Waals surface area (Å²) in [5.41, 5.74) is 0. The number of aromatic nitrogens is 3. The fourth-order valence-electron chi connectivity index (χ4n) is 4.57. The van der Waals surface area contributed by atoms with Crippen LogP contribution in [0.3, 0.4) is 0 Å². The third-order valence-electron chi connectivity index (χ3n) is 5.68. The number of ether oxygens (including phenoxy) is 1. The molecule has 4 unspecified atom stereocenters. The lowest BCUT2D eigenvalue weighted by molar-refractivity contribution is -0.140. The van der Waals surface area contributed by atoms with E-state index in [9.17, 15) is 4.79 Å². The van der Waals surface area contributed by atoms with Crippen LogP contribution in [0.1, 0.15) is 32.1 Å². The van der Waals surface area contributed by atoms with Crippen LogP contribution in [0.15, 0.2) is 12.4 Å². The summed E-state index contributed by atoms with van der Waals surface area (Å²) < 4.78 is 7.54. The van der Waals surface area contributed by atoms with E-state index in [0.717, 1.165) is 24.8 Å². The SMILES string of the molecule is O=C(CC1CC2CCC1C2)N1CCOC(Cn2ccnn2)C1. The van der Waals surface area contributed by atoms with Gasteiger partial charge in [-0.1, -0.05) is 11.6 Å². The lowest BCUT2D eigenvalue weighted by atomic mass is 9.86. The first-order valence-corrected chi connectivity index (χ1v) is 8.51. The average molecular weight is 304 g/mol. The molecule has 0 N–H and O–H groups in total. The van der Waals surface area contributed by atoms with E-state index >= 15 is 0 Å². The maximum absolute atomic E-state index is 12.6. The molecule has 2 bridgehead atoms. The second-order valence-corrected chi connectivity index (χ2v) is 7.10. The lowest BCUT2D eigenvalue weighted by Crippen LogP contribution is -2.47. The third kappa shape index (κ3) is 2.89. The van der Waals surface area contributed by atoms with Gasteiger partial charge in [-0.15, -0.1) is 5.10 Å². The van der Waals surface area contributed by atoms with Gasteiger partial charge < -0.3 is 9.64 Å². The normalized spacial score (nSPS) is 34.3. The van der Waals surface area contributed by atoms with Gasteiger partial charge in [-0.25, -0.2) is 4.68 Å². The summed E-state index contributed by atoms with van der Waals surface area (Å²) in [6.07, 6.45) is 9.67. The molecule has 1 saturated heterocycles. The van der Waals surface area contributed by atoms with E-state index in [1.807, 2.05) is 11.1 Å². The number of fused-ring (bicyclic) bond motifs is 2. The van der Waals surface area contributed by atoms with Crippen molar-refractivity contribution in [3.05, 3.63) is 12.4 Å². The summed E-state index contributed by atoms with van der Waals surface area (Å²) in [5, 5.41) is 7.78. The average Bonchev–Trinajstić information content (AvgIpc) is 3.25.